The minimum Gasteiger partial charge on any atom is -0.377 e. The lowest BCUT2D eigenvalue weighted by atomic mass is 10.1. The van der Waals surface area contributed by atoms with E-state index in [1.807, 2.05) is 24.3 Å². The fourth-order valence-corrected chi connectivity index (χ4v) is 1.53. The third-order valence-electron chi connectivity index (χ3n) is 2.20. The fourth-order valence-electron chi connectivity index (χ4n) is 1.40. The number of hydrogen-bond donors (Lipinski definition) is 1. The molecule has 1 atom stereocenters. The zero-order chi connectivity index (χ0) is 10.4. The SMILES string of the molecule is COC(CCCN)c1ccc(Cl)cc1. The third kappa shape index (κ3) is 3.29. The van der Waals surface area contributed by atoms with Gasteiger partial charge >= 0.3 is 0 Å². The lowest BCUT2D eigenvalue weighted by Crippen LogP contribution is -2.05. The van der Waals surface area contributed by atoms with Crippen LogP contribution in [0, 0.1) is 0 Å². The maximum absolute atomic E-state index is 5.80. The molecule has 2 nitrogen and oxygen atoms in total. The quantitative estimate of drug-likeness (QED) is 0.817. The van der Waals surface area contributed by atoms with E-state index >= 15 is 0 Å². The zero-order valence-electron chi connectivity index (χ0n) is 8.37. The first kappa shape index (κ1) is 11.5. The van der Waals surface area contributed by atoms with Crippen molar-refractivity contribution in [3.05, 3.63) is 34.9 Å². The van der Waals surface area contributed by atoms with Crippen LogP contribution in [0.2, 0.25) is 5.02 Å². The van der Waals surface area contributed by atoms with Crippen molar-refractivity contribution in [1.82, 2.24) is 0 Å². The molecule has 0 radical (unpaired) electrons. The highest BCUT2D eigenvalue weighted by Gasteiger charge is 2.08. The summed E-state index contributed by atoms with van der Waals surface area (Å²) >= 11 is 5.80. The van der Waals surface area contributed by atoms with Crippen molar-refractivity contribution in [2.75, 3.05) is 13.7 Å². The van der Waals surface area contributed by atoms with E-state index in [2.05, 4.69) is 0 Å². The van der Waals surface area contributed by atoms with E-state index in [0.717, 1.165) is 23.4 Å². The molecule has 0 aliphatic rings. The summed E-state index contributed by atoms with van der Waals surface area (Å²) in [4.78, 5) is 0. The van der Waals surface area contributed by atoms with Gasteiger partial charge in [0.15, 0.2) is 0 Å². The molecule has 0 bridgehead atoms. The fraction of sp³-hybridized carbons (Fsp3) is 0.455. The molecule has 2 N–H and O–H groups in total. The number of benzene rings is 1. The van der Waals surface area contributed by atoms with Gasteiger partial charge in [-0.25, -0.2) is 0 Å². The smallest absolute Gasteiger partial charge is 0.0821 e. The van der Waals surface area contributed by atoms with Crippen molar-refractivity contribution >= 4 is 11.6 Å². The Balaban J connectivity index is 2.64. The lowest BCUT2D eigenvalue weighted by molar-refractivity contribution is 0.0944. The Bertz CT molecular complexity index is 260. The summed E-state index contributed by atoms with van der Waals surface area (Å²) < 4.78 is 5.38. The lowest BCUT2D eigenvalue weighted by Gasteiger charge is -2.15. The maximum atomic E-state index is 5.80. The molecular weight excluding hydrogens is 198 g/mol. The number of halogens is 1. The average molecular weight is 214 g/mol. The Morgan fingerprint density at radius 3 is 2.50 bits per heavy atom. The highest BCUT2D eigenvalue weighted by molar-refractivity contribution is 6.30. The monoisotopic (exact) mass is 213 g/mol. The third-order valence-corrected chi connectivity index (χ3v) is 2.45. The zero-order valence-corrected chi connectivity index (χ0v) is 9.13. The molecule has 1 rings (SSSR count). The minimum absolute atomic E-state index is 0.135. The molecule has 1 aromatic carbocycles. The Morgan fingerprint density at radius 1 is 1.36 bits per heavy atom. The highest BCUT2D eigenvalue weighted by Crippen LogP contribution is 2.23. The number of nitrogens with two attached hydrogens (primary N) is 1. The second-order valence-electron chi connectivity index (χ2n) is 3.21. The van der Waals surface area contributed by atoms with Gasteiger partial charge in [0.2, 0.25) is 0 Å². The first-order chi connectivity index (χ1) is 6.77. The van der Waals surface area contributed by atoms with Crippen LogP contribution in [-0.4, -0.2) is 13.7 Å². The Morgan fingerprint density at radius 2 is 2.00 bits per heavy atom. The molecule has 0 fully saturated rings. The van der Waals surface area contributed by atoms with E-state index in [-0.39, 0.29) is 6.10 Å². The largest absolute Gasteiger partial charge is 0.377 e. The molecule has 3 heteroatoms. The van der Waals surface area contributed by atoms with Gasteiger partial charge in [0.25, 0.3) is 0 Å². The summed E-state index contributed by atoms with van der Waals surface area (Å²) in [5, 5.41) is 0.752. The molecule has 0 heterocycles. The first-order valence-electron chi connectivity index (χ1n) is 4.76. The van der Waals surface area contributed by atoms with Crippen molar-refractivity contribution in [2.24, 2.45) is 5.73 Å². The van der Waals surface area contributed by atoms with E-state index in [4.69, 9.17) is 22.1 Å². The Hall–Kier alpha value is -0.570. The van der Waals surface area contributed by atoms with Gasteiger partial charge in [-0.2, -0.15) is 0 Å². The summed E-state index contributed by atoms with van der Waals surface area (Å²) in [6, 6.07) is 7.75. The topological polar surface area (TPSA) is 35.2 Å². The van der Waals surface area contributed by atoms with Crippen molar-refractivity contribution < 1.29 is 4.74 Å². The number of ether oxygens (including phenoxy) is 1. The van der Waals surface area contributed by atoms with Gasteiger partial charge in [-0.3, -0.25) is 0 Å². The van der Waals surface area contributed by atoms with Crippen molar-refractivity contribution in [2.45, 2.75) is 18.9 Å². The number of rotatable bonds is 5. The van der Waals surface area contributed by atoms with Gasteiger partial charge in [0.1, 0.15) is 0 Å². The summed E-state index contributed by atoms with van der Waals surface area (Å²) in [6.45, 7) is 0.702. The maximum Gasteiger partial charge on any atom is 0.0821 e. The summed E-state index contributed by atoms with van der Waals surface area (Å²) in [5.41, 5.74) is 6.61. The Labute approximate surface area is 90.0 Å². The van der Waals surface area contributed by atoms with Gasteiger partial charge in [0, 0.05) is 12.1 Å². The van der Waals surface area contributed by atoms with E-state index in [1.54, 1.807) is 7.11 Å². The van der Waals surface area contributed by atoms with Crippen LogP contribution in [0.3, 0.4) is 0 Å². The predicted molar refractivity (Wildman–Crippen MR) is 59.5 cm³/mol. The molecular formula is C11H16ClNO. The molecule has 78 valence electrons. The molecule has 0 aromatic heterocycles. The van der Waals surface area contributed by atoms with Gasteiger partial charge in [-0.15, -0.1) is 0 Å². The van der Waals surface area contributed by atoms with E-state index in [9.17, 15) is 0 Å². The van der Waals surface area contributed by atoms with Crippen molar-refractivity contribution in [1.29, 1.82) is 0 Å². The molecule has 0 aliphatic heterocycles. The van der Waals surface area contributed by atoms with Gasteiger partial charge in [-0.1, -0.05) is 23.7 Å². The van der Waals surface area contributed by atoms with Crippen LogP contribution in [0.4, 0.5) is 0 Å². The summed E-state index contributed by atoms with van der Waals surface area (Å²) in [5.74, 6) is 0. The Kier molecular flexibility index (Phi) is 4.94. The van der Waals surface area contributed by atoms with Crippen LogP contribution in [0.25, 0.3) is 0 Å². The van der Waals surface area contributed by atoms with Crippen LogP contribution in [0.1, 0.15) is 24.5 Å². The molecule has 1 aromatic rings. The summed E-state index contributed by atoms with van der Waals surface area (Å²) in [7, 11) is 1.72. The van der Waals surface area contributed by atoms with Crippen LogP contribution in [0.5, 0.6) is 0 Å². The highest BCUT2D eigenvalue weighted by atomic mass is 35.5. The van der Waals surface area contributed by atoms with Gasteiger partial charge in [0.05, 0.1) is 6.10 Å². The van der Waals surface area contributed by atoms with Crippen LogP contribution < -0.4 is 5.73 Å². The van der Waals surface area contributed by atoms with Crippen molar-refractivity contribution in [3.8, 4) is 0 Å². The number of hydrogen-bond acceptors (Lipinski definition) is 2. The number of methoxy groups -OCH3 is 1. The molecule has 1 unspecified atom stereocenters. The van der Waals surface area contributed by atoms with E-state index < -0.39 is 0 Å². The van der Waals surface area contributed by atoms with Crippen LogP contribution in [-0.2, 0) is 4.74 Å². The average Bonchev–Trinajstić information content (AvgIpc) is 2.21. The predicted octanol–water partition coefficient (Wildman–Crippen LogP) is 2.77. The molecule has 0 amide bonds. The normalized spacial score (nSPS) is 12.8. The van der Waals surface area contributed by atoms with E-state index in [1.165, 1.54) is 0 Å². The minimum atomic E-state index is 0.135. The van der Waals surface area contributed by atoms with Crippen LogP contribution in [0.15, 0.2) is 24.3 Å². The van der Waals surface area contributed by atoms with Gasteiger partial charge < -0.3 is 10.5 Å². The molecule has 14 heavy (non-hydrogen) atoms. The first-order valence-corrected chi connectivity index (χ1v) is 5.14. The van der Waals surface area contributed by atoms with Crippen LogP contribution >= 0.6 is 11.6 Å². The van der Waals surface area contributed by atoms with Gasteiger partial charge in [-0.05, 0) is 37.1 Å². The molecule has 0 saturated carbocycles. The standard InChI is InChI=1S/C11H16ClNO/c1-14-11(3-2-8-13)9-4-6-10(12)7-5-9/h4-7,11H,2-3,8,13H2,1H3. The second-order valence-corrected chi connectivity index (χ2v) is 3.64. The van der Waals surface area contributed by atoms with E-state index in [0.29, 0.717) is 6.54 Å². The summed E-state index contributed by atoms with van der Waals surface area (Å²) in [6.07, 6.45) is 2.06. The second kappa shape index (κ2) is 6.02. The molecule has 0 saturated heterocycles. The molecule has 0 aliphatic carbocycles. The molecule has 0 spiro atoms. The van der Waals surface area contributed by atoms with Crippen molar-refractivity contribution in [3.63, 3.8) is 0 Å².